The average molecular weight is 400 g/mol. The highest BCUT2D eigenvalue weighted by Crippen LogP contribution is 2.35. The molecular weight excluding hydrogens is 377 g/mol. The van der Waals surface area contributed by atoms with Gasteiger partial charge in [0.15, 0.2) is 0 Å². The largest absolute Gasteiger partial charge is 0.421 e. The number of benzene rings is 2. The van der Waals surface area contributed by atoms with Crippen molar-refractivity contribution in [1.82, 2.24) is 9.97 Å². The molecule has 0 bridgehead atoms. The monoisotopic (exact) mass is 400 g/mol. The van der Waals surface area contributed by atoms with Gasteiger partial charge in [0, 0.05) is 17.6 Å². The molecule has 0 spiro atoms. The summed E-state index contributed by atoms with van der Waals surface area (Å²) in [6.45, 7) is 2.16. The van der Waals surface area contributed by atoms with Crippen LogP contribution in [0, 0.1) is 0 Å². The van der Waals surface area contributed by atoms with Crippen LogP contribution in [-0.2, 0) is 12.6 Å². The predicted molar refractivity (Wildman–Crippen MR) is 110 cm³/mol. The number of nitrogens with one attached hydrogen (secondary N) is 2. The van der Waals surface area contributed by atoms with Gasteiger partial charge in [-0.2, -0.15) is 18.2 Å². The van der Waals surface area contributed by atoms with E-state index in [1.165, 1.54) is 18.4 Å². The minimum absolute atomic E-state index is 0.0927. The van der Waals surface area contributed by atoms with Crippen LogP contribution in [0.25, 0.3) is 0 Å². The van der Waals surface area contributed by atoms with Crippen LogP contribution in [-0.4, -0.2) is 9.97 Å². The Morgan fingerprint density at radius 2 is 1.55 bits per heavy atom. The summed E-state index contributed by atoms with van der Waals surface area (Å²) in [6.07, 6.45) is 0.742. The lowest BCUT2D eigenvalue weighted by Gasteiger charge is -2.15. The first-order valence-electron chi connectivity index (χ1n) is 9.58. The van der Waals surface area contributed by atoms with Gasteiger partial charge in [-0.25, -0.2) is 4.98 Å². The van der Waals surface area contributed by atoms with Crippen LogP contribution < -0.4 is 10.6 Å². The van der Waals surface area contributed by atoms with E-state index in [9.17, 15) is 13.2 Å². The van der Waals surface area contributed by atoms with Crippen molar-refractivity contribution < 1.29 is 13.2 Å². The minimum Gasteiger partial charge on any atom is -0.340 e. The van der Waals surface area contributed by atoms with Gasteiger partial charge in [-0.1, -0.05) is 50.1 Å². The van der Waals surface area contributed by atoms with Crippen molar-refractivity contribution in [3.63, 3.8) is 0 Å². The Hall–Kier alpha value is -3.09. The number of aryl methyl sites for hydroxylation is 1. The zero-order chi connectivity index (χ0) is 20.7. The SMILES string of the molecule is CCCCCc1ccc(Nc2ncc(C(F)(F)F)c(Nc3ccccc3)n2)cc1. The number of halogens is 3. The maximum atomic E-state index is 13.3. The van der Waals surface area contributed by atoms with Gasteiger partial charge in [0.1, 0.15) is 11.4 Å². The molecule has 0 unspecified atom stereocenters. The molecule has 0 radical (unpaired) electrons. The Labute approximate surface area is 168 Å². The zero-order valence-electron chi connectivity index (χ0n) is 16.1. The molecule has 0 amide bonds. The fourth-order valence-corrected chi connectivity index (χ4v) is 2.87. The Bertz CT molecular complexity index is 910. The third-order valence-electron chi connectivity index (χ3n) is 4.41. The molecule has 2 N–H and O–H groups in total. The lowest BCUT2D eigenvalue weighted by Crippen LogP contribution is -2.12. The van der Waals surface area contributed by atoms with E-state index in [0.29, 0.717) is 5.69 Å². The number of nitrogens with zero attached hydrogens (tertiary/aromatic N) is 2. The second kappa shape index (κ2) is 9.41. The molecule has 2 aromatic carbocycles. The number of aromatic nitrogens is 2. The van der Waals surface area contributed by atoms with Crippen molar-refractivity contribution in [2.24, 2.45) is 0 Å². The Balaban J connectivity index is 1.78. The van der Waals surface area contributed by atoms with Gasteiger partial charge in [-0.15, -0.1) is 0 Å². The van der Waals surface area contributed by atoms with E-state index in [1.807, 2.05) is 24.3 Å². The Morgan fingerprint density at radius 3 is 2.21 bits per heavy atom. The molecule has 1 aromatic heterocycles. The summed E-state index contributed by atoms with van der Waals surface area (Å²) in [5.74, 6) is -0.201. The highest BCUT2D eigenvalue weighted by Gasteiger charge is 2.35. The maximum Gasteiger partial charge on any atom is 0.421 e. The highest BCUT2D eigenvalue weighted by molar-refractivity contribution is 5.62. The number of rotatable bonds is 8. The number of hydrogen-bond donors (Lipinski definition) is 2. The van der Waals surface area contributed by atoms with E-state index >= 15 is 0 Å². The molecule has 0 saturated carbocycles. The smallest absolute Gasteiger partial charge is 0.340 e. The standard InChI is InChI=1S/C22H23F3N4/c1-2-3-5-8-16-11-13-18(14-12-16)28-21-26-15-19(22(23,24)25)20(29-21)27-17-9-6-4-7-10-17/h4,6-7,9-15H,2-3,5,8H2,1H3,(H2,26,27,28,29). The van der Waals surface area contributed by atoms with E-state index in [4.69, 9.17) is 0 Å². The lowest BCUT2D eigenvalue weighted by molar-refractivity contribution is -0.137. The lowest BCUT2D eigenvalue weighted by atomic mass is 10.1. The topological polar surface area (TPSA) is 49.8 Å². The molecule has 29 heavy (non-hydrogen) atoms. The second-order valence-corrected chi connectivity index (χ2v) is 6.72. The molecule has 0 atom stereocenters. The summed E-state index contributed by atoms with van der Waals surface area (Å²) in [4.78, 5) is 7.90. The van der Waals surface area contributed by atoms with Crippen molar-refractivity contribution in [1.29, 1.82) is 0 Å². The van der Waals surface area contributed by atoms with Gasteiger partial charge in [0.2, 0.25) is 5.95 Å². The van der Waals surface area contributed by atoms with Crippen LogP contribution in [0.3, 0.4) is 0 Å². The molecule has 1 heterocycles. The van der Waals surface area contributed by atoms with Crippen molar-refractivity contribution in [2.45, 2.75) is 38.8 Å². The van der Waals surface area contributed by atoms with E-state index in [2.05, 4.69) is 27.5 Å². The van der Waals surface area contributed by atoms with E-state index in [1.54, 1.807) is 30.3 Å². The zero-order valence-corrected chi connectivity index (χ0v) is 16.1. The van der Waals surface area contributed by atoms with Crippen LogP contribution in [0.1, 0.15) is 37.3 Å². The summed E-state index contributed by atoms with van der Waals surface area (Å²) in [5, 5.41) is 5.71. The number of unbranched alkanes of at least 4 members (excludes halogenated alkanes) is 2. The average Bonchev–Trinajstić information content (AvgIpc) is 2.70. The van der Waals surface area contributed by atoms with Crippen LogP contribution in [0.4, 0.5) is 36.3 Å². The third kappa shape index (κ3) is 5.94. The molecule has 0 aliphatic rings. The van der Waals surface area contributed by atoms with Gasteiger partial charge < -0.3 is 10.6 Å². The van der Waals surface area contributed by atoms with Gasteiger partial charge in [0.25, 0.3) is 0 Å². The minimum atomic E-state index is -4.56. The van der Waals surface area contributed by atoms with Gasteiger partial charge in [0.05, 0.1) is 0 Å². The summed E-state index contributed by atoms with van der Waals surface area (Å²) in [6, 6.07) is 16.4. The third-order valence-corrected chi connectivity index (χ3v) is 4.41. The summed E-state index contributed by atoms with van der Waals surface area (Å²) >= 11 is 0. The van der Waals surface area contributed by atoms with Crippen molar-refractivity contribution in [2.75, 3.05) is 10.6 Å². The fraction of sp³-hybridized carbons (Fsp3) is 0.273. The summed E-state index contributed by atoms with van der Waals surface area (Å²) in [7, 11) is 0. The van der Waals surface area contributed by atoms with Crippen LogP contribution in [0.5, 0.6) is 0 Å². The van der Waals surface area contributed by atoms with E-state index in [-0.39, 0.29) is 11.8 Å². The molecular formula is C22H23F3N4. The molecule has 0 fully saturated rings. The van der Waals surface area contributed by atoms with Crippen molar-refractivity contribution in [3.8, 4) is 0 Å². The Kier molecular flexibility index (Phi) is 6.69. The van der Waals surface area contributed by atoms with Gasteiger partial charge in [-0.3, -0.25) is 0 Å². The number of hydrogen-bond acceptors (Lipinski definition) is 4. The predicted octanol–water partition coefficient (Wildman–Crippen LogP) is 6.72. The van der Waals surface area contributed by atoms with E-state index in [0.717, 1.165) is 24.7 Å². The molecule has 3 aromatic rings. The number of alkyl halides is 3. The first kappa shape index (κ1) is 20.6. The van der Waals surface area contributed by atoms with Crippen LogP contribution in [0.2, 0.25) is 0 Å². The normalized spacial score (nSPS) is 11.3. The Morgan fingerprint density at radius 1 is 0.862 bits per heavy atom. The van der Waals surface area contributed by atoms with Crippen LogP contribution >= 0.6 is 0 Å². The molecule has 7 heteroatoms. The molecule has 0 aliphatic heterocycles. The quantitative estimate of drug-likeness (QED) is 0.412. The summed E-state index contributed by atoms with van der Waals surface area (Å²) < 4.78 is 40.0. The molecule has 0 saturated heterocycles. The maximum absolute atomic E-state index is 13.3. The molecule has 0 aliphatic carbocycles. The van der Waals surface area contributed by atoms with Gasteiger partial charge in [-0.05, 0) is 42.7 Å². The molecule has 3 rings (SSSR count). The molecule has 4 nitrogen and oxygen atoms in total. The first-order valence-corrected chi connectivity index (χ1v) is 9.58. The van der Waals surface area contributed by atoms with E-state index < -0.39 is 11.7 Å². The number of anilines is 4. The van der Waals surface area contributed by atoms with Crippen molar-refractivity contribution in [3.05, 3.63) is 71.9 Å². The van der Waals surface area contributed by atoms with Crippen LogP contribution in [0.15, 0.2) is 60.8 Å². The fourth-order valence-electron chi connectivity index (χ4n) is 2.87. The highest BCUT2D eigenvalue weighted by atomic mass is 19.4. The molecule has 152 valence electrons. The first-order chi connectivity index (χ1) is 14.0. The van der Waals surface area contributed by atoms with Gasteiger partial charge >= 0.3 is 6.18 Å². The van der Waals surface area contributed by atoms with Crippen molar-refractivity contribution >= 4 is 23.1 Å². The number of para-hydroxylation sites is 1. The second-order valence-electron chi connectivity index (χ2n) is 6.72. The summed E-state index contributed by atoms with van der Waals surface area (Å²) in [5.41, 5.74) is 1.54.